The standard InChI is InChI=1S/C46H74O10/c1-3-5-7-9-11-13-15-17-18-19-20-21-22-23-25-27-29-31-33-35-42(49)55-39(38-54-46-45(52)44(51)43(50)40(36-47)56-46)37-53-41(48)34-32-30-28-26-24-16-14-12-10-8-6-4-2/h5,7,11-14,17-18,20-21,23,25,29,31,39-40,43-47,50-52H,3-4,6,8-10,15-16,19,22,24,26-28,30,32-38H2,1-2H3/b7-5+,13-11+,14-12+,18-17+,21-20+,25-23+,31-29+/t39-,40-,43+,44?,45?,46-/m1/s1. The summed E-state index contributed by atoms with van der Waals surface area (Å²) in [7, 11) is 0. The van der Waals surface area contributed by atoms with Crippen LogP contribution in [0.3, 0.4) is 0 Å². The molecule has 6 atom stereocenters. The van der Waals surface area contributed by atoms with Crippen LogP contribution in [0, 0.1) is 0 Å². The maximum atomic E-state index is 12.7. The van der Waals surface area contributed by atoms with E-state index in [1.54, 1.807) is 0 Å². The van der Waals surface area contributed by atoms with Crippen LogP contribution in [0.5, 0.6) is 0 Å². The summed E-state index contributed by atoms with van der Waals surface area (Å²) in [6.07, 6.45) is 38.9. The molecule has 0 bridgehead atoms. The zero-order valence-electron chi connectivity index (χ0n) is 34.3. The first-order valence-electron chi connectivity index (χ1n) is 21.2. The summed E-state index contributed by atoms with van der Waals surface area (Å²) >= 11 is 0. The van der Waals surface area contributed by atoms with Crippen LogP contribution in [0.15, 0.2) is 85.1 Å². The van der Waals surface area contributed by atoms with E-state index < -0.39 is 55.4 Å². The van der Waals surface area contributed by atoms with E-state index in [0.29, 0.717) is 12.8 Å². The van der Waals surface area contributed by atoms with Crippen LogP contribution in [-0.2, 0) is 28.5 Å². The van der Waals surface area contributed by atoms with Gasteiger partial charge in [-0.3, -0.25) is 9.59 Å². The van der Waals surface area contributed by atoms with Crippen LogP contribution in [0.1, 0.15) is 136 Å². The Bertz CT molecular complexity index is 1180. The first kappa shape index (κ1) is 50.9. The maximum absolute atomic E-state index is 12.7. The monoisotopic (exact) mass is 787 g/mol. The number of esters is 2. The Kier molecular flexibility index (Phi) is 32.9. The molecule has 0 radical (unpaired) electrons. The van der Waals surface area contributed by atoms with Crippen molar-refractivity contribution in [3.05, 3.63) is 85.1 Å². The van der Waals surface area contributed by atoms with Gasteiger partial charge in [0, 0.05) is 12.8 Å². The molecule has 0 aromatic rings. The third-order valence-electron chi connectivity index (χ3n) is 9.03. The predicted molar refractivity (Wildman–Crippen MR) is 224 cm³/mol. The summed E-state index contributed by atoms with van der Waals surface area (Å²) in [4.78, 5) is 25.2. The molecule has 0 spiro atoms. The van der Waals surface area contributed by atoms with Crippen LogP contribution < -0.4 is 0 Å². The molecule has 4 N–H and O–H groups in total. The van der Waals surface area contributed by atoms with Crippen molar-refractivity contribution in [3.8, 4) is 0 Å². The number of carbonyl (C=O) groups is 2. The molecule has 0 aliphatic carbocycles. The van der Waals surface area contributed by atoms with Crippen molar-refractivity contribution in [1.29, 1.82) is 0 Å². The third kappa shape index (κ3) is 27.5. The number of aliphatic hydroxyl groups excluding tert-OH is 4. The summed E-state index contributed by atoms with van der Waals surface area (Å²) in [5.74, 6) is -0.925. The molecule has 318 valence electrons. The van der Waals surface area contributed by atoms with Crippen LogP contribution in [0.25, 0.3) is 0 Å². The number of carbonyl (C=O) groups excluding carboxylic acids is 2. The van der Waals surface area contributed by atoms with Crippen molar-refractivity contribution >= 4 is 11.9 Å². The molecule has 10 heteroatoms. The Labute approximate surface area is 337 Å². The molecule has 0 aromatic carbocycles. The Morgan fingerprint density at radius 2 is 1.09 bits per heavy atom. The van der Waals surface area contributed by atoms with Gasteiger partial charge in [-0.1, -0.05) is 131 Å². The van der Waals surface area contributed by atoms with Crippen LogP contribution in [0.4, 0.5) is 0 Å². The Morgan fingerprint density at radius 3 is 1.66 bits per heavy atom. The lowest BCUT2D eigenvalue weighted by atomic mass is 9.99. The average Bonchev–Trinajstić information content (AvgIpc) is 3.19. The van der Waals surface area contributed by atoms with E-state index in [9.17, 15) is 30.0 Å². The van der Waals surface area contributed by atoms with Crippen molar-refractivity contribution in [2.45, 2.75) is 173 Å². The second-order valence-electron chi connectivity index (χ2n) is 14.1. The molecule has 0 amide bonds. The van der Waals surface area contributed by atoms with Crippen molar-refractivity contribution in [2.24, 2.45) is 0 Å². The summed E-state index contributed by atoms with van der Waals surface area (Å²) in [5, 5.41) is 40.0. The SMILES string of the molecule is CC/C=C/C/C=C/C/C=C/C/C=C/C/C=C/C/C=C/CCC(=O)O[C@H](COC(=O)CCCCCCC/C=C/CCCCC)CO[C@@H]1O[C@H](CO)[C@H](O)C(O)C1O. The minimum absolute atomic E-state index is 0.0985. The Hall–Kier alpha value is -3.12. The number of aliphatic hydroxyl groups is 4. The highest BCUT2D eigenvalue weighted by atomic mass is 16.7. The van der Waals surface area contributed by atoms with Crippen molar-refractivity contribution in [3.63, 3.8) is 0 Å². The number of allylic oxidation sites excluding steroid dienone is 14. The Balaban J connectivity index is 2.43. The smallest absolute Gasteiger partial charge is 0.306 e. The fraction of sp³-hybridized carbons (Fsp3) is 0.652. The first-order chi connectivity index (χ1) is 27.3. The number of hydrogen-bond donors (Lipinski definition) is 4. The molecule has 10 nitrogen and oxygen atoms in total. The molecule has 56 heavy (non-hydrogen) atoms. The lowest BCUT2D eigenvalue weighted by Gasteiger charge is -2.39. The van der Waals surface area contributed by atoms with Gasteiger partial charge in [0.25, 0.3) is 0 Å². The number of rotatable bonds is 33. The van der Waals surface area contributed by atoms with Gasteiger partial charge in [-0.25, -0.2) is 0 Å². The quantitative estimate of drug-likeness (QED) is 0.0289. The number of hydrogen-bond acceptors (Lipinski definition) is 10. The van der Waals surface area contributed by atoms with E-state index >= 15 is 0 Å². The van der Waals surface area contributed by atoms with Crippen LogP contribution >= 0.6 is 0 Å². The topological polar surface area (TPSA) is 152 Å². The van der Waals surface area contributed by atoms with Gasteiger partial charge >= 0.3 is 11.9 Å². The predicted octanol–water partition coefficient (Wildman–Crippen LogP) is 8.60. The van der Waals surface area contributed by atoms with Crippen molar-refractivity contribution in [2.75, 3.05) is 19.8 Å². The summed E-state index contributed by atoms with van der Waals surface area (Å²) in [6, 6.07) is 0. The molecule has 0 aromatic heterocycles. The largest absolute Gasteiger partial charge is 0.462 e. The fourth-order valence-corrected chi connectivity index (χ4v) is 5.68. The highest BCUT2D eigenvalue weighted by Crippen LogP contribution is 2.22. The molecule has 1 fully saturated rings. The van der Waals surface area contributed by atoms with Gasteiger partial charge in [0.2, 0.25) is 0 Å². The zero-order chi connectivity index (χ0) is 40.9. The summed E-state index contributed by atoms with van der Waals surface area (Å²) < 4.78 is 22.0. The molecule has 2 unspecified atom stereocenters. The molecule has 1 saturated heterocycles. The van der Waals surface area contributed by atoms with Gasteiger partial charge in [0.15, 0.2) is 12.4 Å². The lowest BCUT2D eigenvalue weighted by Crippen LogP contribution is -2.59. The second kappa shape index (κ2) is 36.2. The molecule has 1 aliphatic heterocycles. The molecular weight excluding hydrogens is 712 g/mol. The van der Waals surface area contributed by atoms with Gasteiger partial charge in [-0.15, -0.1) is 0 Å². The maximum Gasteiger partial charge on any atom is 0.306 e. The molecule has 0 saturated carbocycles. The fourth-order valence-electron chi connectivity index (χ4n) is 5.68. The second-order valence-corrected chi connectivity index (χ2v) is 14.1. The van der Waals surface area contributed by atoms with E-state index in [4.69, 9.17) is 18.9 Å². The first-order valence-corrected chi connectivity index (χ1v) is 21.2. The lowest BCUT2D eigenvalue weighted by molar-refractivity contribution is -0.305. The number of ether oxygens (including phenoxy) is 4. The van der Waals surface area contributed by atoms with Gasteiger partial charge < -0.3 is 39.4 Å². The van der Waals surface area contributed by atoms with Gasteiger partial charge in [0.1, 0.15) is 31.0 Å². The van der Waals surface area contributed by atoms with Gasteiger partial charge in [0.05, 0.1) is 13.2 Å². The molecule has 1 aliphatic rings. The average molecular weight is 787 g/mol. The van der Waals surface area contributed by atoms with Crippen LogP contribution in [0.2, 0.25) is 0 Å². The third-order valence-corrected chi connectivity index (χ3v) is 9.03. The van der Waals surface area contributed by atoms with Crippen molar-refractivity contribution in [1.82, 2.24) is 0 Å². The van der Waals surface area contributed by atoms with Gasteiger partial charge in [-0.2, -0.15) is 0 Å². The normalized spacial score (nSPS) is 21.3. The van der Waals surface area contributed by atoms with E-state index in [-0.39, 0.29) is 26.1 Å². The van der Waals surface area contributed by atoms with Gasteiger partial charge in [-0.05, 0) is 77.0 Å². The van der Waals surface area contributed by atoms with Crippen LogP contribution in [-0.4, -0.2) is 89.0 Å². The van der Waals surface area contributed by atoms with Crippen molar-refractivity contribution < 1.29 is 49.0 Å². The van der Waals surface area contributed by atoms with E-state index in [2.05, 4.69) is 86.8 Å². The van der Waals surface area contributed by atoms with E-state index in [0.717, 1.165) is 77.0 Å². The Morgan fingerprint density at radius 1 is 0.571 bits per heavy atom. The van der Waals surface area contributed by atoms with E-state index in [1.165, 1.54) is 19.3 Å². The summed E-state index contributed by atoms with van der Waals surface area (Å²) in [6.45, 7) is 3.17. The minimum Gasteiger partial charge on any atom is -0.462 e. The highest BCUT2D eigenvalue weighted by Gasteiger charge is 2.44. The van der Waals surface area contributed by atoms with E-state index in [1.807, 2.05) is 12.2 Å². The summed E-state index contributed by atoms with van der Waals surface area (Å²) in [5.41, 5.74) is 0. The minimum atomic E-state index is -1.61. The molecule has 1 rings (SSSR count). The molecular formula is C46H74O10. The zero-order valence-corrected chi connectivity index (χ0v) is 34.3. The number of unbranched alkanes of at least 4 members (excludes halogenated alkanes) is 8. The molecule has 1 heterocycles. The highest BCUT2D eigenvalue weighted by molar-refractivity contribution is 5.70.